The third-order valence-electron chi connectivity index (χ3n) is 3.49. The first-order valence-electron chi connectivity index (χ1n) is 6.25. The van der Waals surface area contributed by atoms with E-state index in [-0.39, 0.29) is 5.92 Å². The predicted molar refractivity (Wildman–Crippen MR) is 67.7 cm³/mol. The van der Waals surface area contributed by atoms with Crippen LogP contribution in [0.2, 0.25) is 0 Å². The molecule has 2 heterocycles. The van der Waals surface area contributed by atoms with Crippen LogP contribution in [0.15, 0.2) is 47.3 Å². The summed E-state index contributed by atoms with van der Waals surface area (Å²) in [7, 11) is 0. The number of benzene rings is 1. The standard InChI is InChI=1S/C15H16O3/c16-14(9-11-5-7-17-10-11)12-6-8-18-15-4-2-1-3-13(12)15/h1-5,7,10,12,14,16H,6,8-9H2. The molecule has 1 aromatic heterocycles. The summed E-state index contributed by atoms with van der Waals surface area (Å²) < 4.78 is 10.6. The minimum absolute atomic E-state index is 0.143. The Morgan fingerprint density at radius 1 is 1.28 bits per heavy atom. The molecule has 1 aliphatic rings. The van der Waals surface area contributed by atoms with Crippen LogP contribution in [-0.4, -0.2) is 17.8 Å². The number of ether oxygens (including phenoxy) is 1. The molecular formula is C15H16O3. The van der Waals surface area contributed by atoms with E-state index in [4.69, 9.17) is 9.15 Å². The summed E-state index contributed by atoms with van der Waals surface area (Å²) in [5, 5.41) is 10.4. The van der Waals surface area contributed by atoms with Gasteiger partial charge in [0.1, 0.15) is 5.75 Å². The van der Waals surface area contributed by atoms with E-state index in [2.05, 4.69) is 0 Å². The van der Waals surface area contributed by atoms with Crippen molar-refractivity contribution in [2.45, 2.75) is 24.9 Å². The average molecular weight is 244 g/mol. The van der Waals surface area contributed by atoms with E-state index >= 15 is 0 Å². The minimum Gasteiger partial charge on any atom is -0.493 e. The second-order valence-corrected chi connectivity index (χ2v) is 4.68. The van der Waals surface area contributed by atoms with Crippen molar-refractivity contribution in [1.29, 1.82) is 0 Å². The molecule has 3 rings (SSSR count). The summed E-state index contributed by atoms with van der Waals surface area (Å²) in [5.41, 5.74) is 2.14. The maximum absolute atomic E-state index is 10.4. The molecular weight excluding hydrogens is 228 g/mol. The van der Waals surface area contributed by atoms with Crippen molar-refractivity contribution in [2.75, 3.05) is 6.61 Å². The SMILES string of the molecule is OC(Cc1ccoc1)C1CCOc2ccccc21. The molecule has 0 fully saturated rings. The Kier molecular flexibility index (Phi) is 3.07. The van der Waals surface area contributed by atoms with Gasteiger partial charge in [-0.2, -0.15) is 0 Å². The molecule has 3 nitrogen and oxygen atoms in total. The number of fused-ring (bicyclic) bond motifs is 1. The third kappa shape index (κ3) is 2.14. The summed E-state index contributed by atoms with van der Waals surface area (Å²) in [6.45, 7) is 0.671. The molecule has 0 saturated carbocycles. The third-order valence-corrected chi connectivity index (χ3v) is 3.49. The number of hydrogen-bond acceptors (Lipinski definition) is 3. The highest BCUT2D eigenvalue weighted by atomic mass is 16.5. The minimum atomic E-state index is -0.396. The quantitative estimate of drug-likeness (QED) is 0.902. The van der Waals surface area contributed by atoms with Gasteiger partial charge in [-0.1, -0.05) is 18.2 Å². The normalized spacial score (nSPS) is 19.9. The molecule has 18 heavy (non-hydrogen) atoms. The summed E-state index contributed by atoms with van der Waals surface area (Å²) in [6, 6.07) is 9.85. The largest absolute Gasteiger partial charge is 0.493 e. The summed E-state index contributed by atoms with van der Waals surface area (Å²) in [5.74, 6) is 1.05. The van der Waals surface area contributed by atoms with Crippen LogP contribution in [0.25, 0.3) is 0 Å². The van der Waals surface area contributed by atoms with E-state index in [1.54, 1.807) is 12.5 Å². The van der Waals surface area contributed by atoms with Gasteiger partial charge >= 0.3 is 0 Å². The van der Waals surface area contributed by atoms with Crippen molar-refractivity contribution in [3.63, 3.8) is 0 Å². The van der Waals surface area contributed by atoms with E-state index in [0.29, 0.717) is 13.0 Å². The van der Waals surface area contributed by atoms with E-state index < -0.39 is 6.10 Å². The second-order valence-electron chi connectivity index (χ2n) is 4.68. The van der Waals surface area contributed by atoms with Gasteiger partial charge in [0, 0.05) is 12.3 Å². The predicted octanol–water partition coefficient (Wildman–Crippen LogP) is 2.75. The van der Waals surface area contributed by atoms with Crippen LogP contribution in [0.1, 0.15) is 23.5 Å². The van der Waals surface area contributed by atoms with Gasteiger partial charge in [-0.15, -0.1) is 0 Å². The van der Waals surface area contributed by atoms with Crippen LogP contribution in [0.4, 0.5) is 0 Å². The van der Waals surface area contributed by atoms with Gasteiger partial charge in [0.2, 0.25) is 0 Å². The molecule has 0 saturated heterocycles. The van der Waals surface area contributed by atoms with Gasteiger partial charge in [0.05, 0.1) is 25.2 Å². The van der Waals surface area contributed by atoms with Gasteiger partial charge in [-0.3, -0.25) is 0 Å². The van der Waals surface area contributed by atoms with Crippen LogP contribution in [-0.2, 0) is 6.42 Å². The molecule has 1 aromatic carbocycles. The van der Waals surface area contributed by atoms with Crippen LogP contribution in [0.3, 0.4) is 0 Å². The number of para-hydroxylation sites is 1. The fourth-order valence-corrected chi connectivity index (χ4v) is 2.56. The Labute approximate surface area is 106 Å². The highest BCUT2D eigenvalue weighted by Crippen LogP contribution is 2.36. The van der Waals surface area contributed by atoms with E-state index in [0.717, 1.165) is 23.3 Å². The zero-order valence-electron chi connectivity index (χ0n) is 10.1. The second kappa shape index (κ2) is 4.86. The fourth-order valence-electron chi connectivity index (χ4n) is 2.56. The number of hydrogen-bond donors (Lipinski definition) is 1. The summed E-state index contributed by atoms with van der Waals surface area (Å²) >= 11 is 0. The van der Waals surface area contributed by atoms with Crippen LogP contribution >= 0.6 is 0 Å². The first-order chi connectivity index (χ1) is 8.84. The average Bonchev–Trinajstić information content (AvgIpc) is 2.91. The van der Waals surface area contributed by atoms with Crippen molar-refractivity contribution in [3.05, 3.63) is 54.0 Å². The maximum atomic E-state index is 10.4. The molecule has 1 N–H and O–H groups in total. The number of aliphatic hydroxyl groups is 1. The molecule has 2 unspecified atom stereocenters. The highest BCUT2D eigenvalue weighted by molar-refractivity contribution is 5.38. The van der Waals surface area contributed by atoms with Gasteiger partial charge in [-0.05, 0) is 29.7 Å². The lowest BCUT2D eigenvalue weighted by Crippen LogP contribution is -2.26. The van der Waals surface area contributed by atoms with Crippen molar-refractivity contribution in [2.24, 2.45) is 0 Å². The van der Waals surface area contributed by atoms with E-state index in [1.165, 1.54) is 0 Å². The highest BCUT2D eigenvalue weighted by Gasteiger charge is 2.27. The molecule has 3 heteroatoms. The zero-order valence-corrected chi connectivity index (χ0v) is 10.1. The Bertz CT molecular complexity index is 504. The van der Waals surface area contributed by atoms with Crippen molar-refractivity contribution in [1.82, 2.24) is 0 Å². The molecule has 0 bridgehead atoms. The van der Waals surface area contributed by atoms with Crippen molar-refractivity contribution >= 4 is 0 Å². The number of furan rings is 1. The summed E-state index contributed by atoms with van der Waals surface area (Å²) in [6.07, 6.45) is 4.41. The lowest BCUT2D eigenvalue weighted by molar-refractivity contribution is 0.116. The number of rotatable bonds is 3. The topological polar surface area (TPSA) is 42.6 Å². The molecule has 1 aliphatic heterocycles. The van der Waals surface area contributed by atoms with E-state index in [9.17, 15) is 5.11 Å². The maximum Gasteiger partial charge on any atom is 0.122 e. The molecule has 0 radical (unpaired) electrons. The van der Waals surface area contributed by atoms with Gasteiger partial charge in [0.25, 0.3) is 0 Å². The smallest absolute Gasteiger partial charge is 0.122 e. The van der Waals surface area contributed by atoms with Gasteiger partial charge in [-0.25, -0.2) is 0 Å². The molecule has 0 aliphatic carbocycles. The van der Waals surface area contributed by atoms with Crippen molar-refractivity contribution < 1.29 is 14.3 Å². The van der Waals surface area contributed by atoms with Crippen LogP contribution < -0.4 is 4.74 Å². The molecule has 94 valence electrons. The summed E-state index contributed by atoms with van der Waals surface area (Å²) in [4.78, 5) is 0. The fraction of sp³-hybridized carbons (Fsp3) is 0.333. The van der Waals surface area contributed by atoms with Crippen LogP contribution in [0.5, 0.6) is 5.75 Å². The Morgan fingerprint density at radius 2 is 2.17 bits per heavy atom. The van der Waals surface area contributed by atoms with Crippen molar-refractivity contribution in [3.8, 4) is 5.75 Å². The molecule has 2 atom stereocenters. The molecule has 2 aromatic rings. The zero-order chi connectivity index (χ0) is 12.4. The van der Waals surface area contributed by atoms with Gasteiger partial charge in [0.15, 0.2) is 0 Å². The Morgan fingerprint density at radius 3 is 3.00 bits per heavy atom. The molecule has 0 spiro atoms. The number of aliphatic hydroxyl groups excluding tert-OH is 1. The van der Waals surface area contributed by atoms with Gasteiger partial charge < -0.3 is 14.3 Å². The Balaban J connectivity index is 1.80. The first kappa shape index (κ1) is 11.4. The lowest BCUT2D eigenvalue weighted by atomic mass is 9.86. The van der Waals surface area contributed by atoms with E-state index in [1.807, 2.05) is 30.3 Å². The van der Waals surface area contributed by atoms with Crippen LogP contribution in [0, 0.1) is 0 Å². The molecule has 0 amide bonds. The monoisotopic (exact) mass is 244 g/mol. The lowest BCUT2D eigenvalue weighted by Gasteiger charge is -2.29. The Hall–Kier alpha value is -1.74. The first-order valence-corrected chi connectivity index (χ1v) is 6.25.